The van der Waals surface area contributed by atoms with Gasteiger partial charge in [0.15, 0.2) is 5.82 Å². The molecule has 0 aliphatic carbocycles. The van der Waals surface area contributed by atoms with Gasteiger partial charge in [-0.2, -0.15) is 0 Å². The zero-order chi connectivity index (χ0) is 19.0. The summed E-state index contributed by atoms with van der Waals surface area (Å²) in [7, 11) is 1.61. The van der Waals surface area contributed by atoms with Crippen molar-refractivity contribution in [1.82, 2.24) is 15.0 Å². The van der Waals surface area contributed by atoms with Gasteiger partial charge in [0.2, 0.25) is 0 Å². The van der Waals surface area contributed by atoms with Crippen LogP contribution in [-0.4, -0.2) is 28.0 Å². The maximum Gasteiger partial charge on any atom is 0.257 e. The number of methoxy groups -OCH3 is 1. The number of nitrogens with one attached hydrogen (secondary N) is 3. The Morgan fingerprint density at radius 1 is 1.04 bits per heavy atom. The van der Waals surface area contributed by atoms with Crippen molar-refractivity contribution < 1.29 is 9.53 Å². The Bertz CT molecular complexity index is 1090. The molecule has 0 bridgehead atoms. The van der Waals surface area contributed by atoms with E-state index in [1.165, 1.54) is 0 Å². The number of imidazole rings is 1. The Balaban J connectivity index is 1.66. The van der Waals surface area contributed by atoms with Gasteiger partial charge in [0, 0.05) is 11.4 Å². The molecule has 4 aromatic rings. The second-order valence-electron chi connectivity index (χ2n) is 6.41. The number of hydrogen-bond donors (Lipinski definition) is 3. The molecular weight excluding hydrogens is 340 g/mol. The fourth-order valence-electron chi connectivity index (χ4n) is 3.27. The number of rotatable bonds is 4. The van der Waals surface area contributed by atoms with Crippen LogP contribution in [0.2, 0.25) is 0 Å². The lowest BCUT2D eigenvalue weighted by atomic mass is 10.1. The summed E-state index contributed by atoms with van der Waals surface area (Å²) in [5, 5.41) is 2.94. The highest BCUT2D eigenvalue weighted by atomic mass is 16.5. The smallest absolute Gasteiger partial charge is 0.257 e. The number of para-hydroxylation sites is 2. The maximum atomic E-state index is 12.8. The van der Waals surface area contributed by atoms with Crippen molar-refractivity contribution >= 4 is 22.6 Å². The SMILES string of the molecule is COc1ccc(NC(=O)c2c(C)[nH]c(-c3nc4ccccc4[nH]3)c2C)cc1. The minimum absolute atomic E-state index is 0.159. The van der Waals surface area contributed by atoms with Crippen LogP contribution < -0.4 is 10.1 Å². The third-order valence-electron chi connectivity index (χ3n) is 4.64. The number of aromatic nitrogens is 3. The Labute approximate surface area is 156 Å². The summed E-state index contributed by atoms with van der Waals surface area (Å²) >= 11 is 0. The summed E-state index contributed by atoms with van der Waals surface area (Å²) in [6.45, 7) is 3.82. The van der Waals surface area contributed by atoms with E-state index in [1.54, 1.807) is 7.11 Å². The minimum Gasteiger partial charge on any atom is -0.497 e. The van der Waals surface area contributed by atoms with E-state index in [1.807, 2.05) is 62.4 Å². The molecule has 0 spiro atoms. The highest BCUT2D eigenvalue weighted by Crippen LogP contribution is 2.28. The quantitative estimate of drug-likeness (QED) is 0.503. The molecule has 6 heteroatoms. The first-order valence-corrected chi connectivity index (χ1v) is 8.66. The van der Waals surface area contributed by atoms with Crippen molar-refractivity contribution in [3.05, 3.63) is 65.4 Å². The molecule has 0 atom stereocenters. The lowest BCUT2D eigenvalue weighted by Crippen LogP contribution is -2.13. The molecule has 0 radical (unpaired) electrons. The molecule has 2 heterocycles. The van der Waals surface area contributed by atoms with Crippen molar-refractivity contribution in [3.63, 3.8) is 0 Å². The highest BCUT2D eigenvalue weighted by molar-refractivity contribution is 6.07. The van der Waals surface area contributed by atoms with Gasteiger partial charge in [-0.05, 0) is 55.8 Å². The van der Waals surface area contributed by atoms with E-state index in [-0.39, 0.29) is 5.91 Å². The number of anilines is 1. The van der Waals surface area contributed by atoms with E-state index in [0.717, 1.165) is 39.6 Å². The number of ether oxygens (including phenoxy) is 1. The first-order chi connectivity index (χ1) is 13.1. The number of benzene rings is 2. The summed E-state index contributed by atoms with van der Waals surface area (Å²) in [4.78, 5) is 24.1. The molecule has 0 aliphatic heterocycles. The van der Waals surface area contributed by atoms with Gasteiger partial charge in [0.05, 0.1) is 29.4 Å². The lowest BCUT2D eigenvalue weighted by Gasteiger charge is -2.07. The summed E-state index contributed by atoms with van der Waals surface area (Å²) in [6.07, 6.45) is 0. The first-order valence-electron chi connectivity index (χ1n) is 8.66. The van der Waals surface area contributed by atoms with Crippen LogP contribution in [0.1, 0.15) is 21.6 Å². The predicted octanol–water partition coefficient (Wildman–Crippen LogP) is 4.44. The van der Waals surface area contributed by atoms with Gasteiger partial charge in [-0.25, -0.2) is 4.98 Å². The van der Waals surface area contributed by atoms with E-state index < -0.39 is 0 Å². The average molecular weight is 360 g/mol. The number of carbonyl (C=O) groups excluding carboxylic acids is 1. The predicted molar refractivity (Wildman–Crippen MR) is 106 cm³/mol. The summed E-state index contributed by atoms with van der Waals surface area (Å²) in [5.41, 5.74) is 5.68. The van der Waals surface area contributed by atoms with E-state index in [9.17, 15) is 4.79 Å². The Morgan fingerprint density at radius 3 is 2.48 bits per heavy atom. The molecule has 0 unspecified atom stereocenters. The summed E-state index contributed by atoms with van der Waals surface area (Å²) < 4.78 is 5.15. The third-order valence-corrected chi connectivity index (χ3v) is 4.64. The normalized spacial score (nSPS) is 10.9. The monoisotopic (exact) mass is 360 g/mol. The van der Waals surface area contributed by atoms with Crippen molar-refractivity contribution in [1.29, 1.82) is 0 Å². The molecule has 3 N–H and O–H groups in total. The van der Waals surface area contributed by atoms with Crippen LogP contribution in [-0.2, 0) is 0 Å². The first kappa shape index (κ1) is 16.9. The zero-order valence-corrected chi connectivity index (χ0v) is 15.4. The molecule has 6 nitrogen and oxygen atoms in total. The Kier molecular flexibility index (Phi) is 4.16. The molecule has 0 saturated heterocycles. The number of H-pyrrole nitrogens is 2. The largest absolute Gasteiger partial charge is 0.497 e. The van der Waals surface area contributed by atoms with Crippen molar-refractivity contribution in [3.8, 4) is 17.3 Å². The van der Waals surface area contributed by atoms with Gasteiger partial charge in [0.1, 0.15) is 5.75 Å². The second-order valence-corrected chi connectivity index (χ2v) is 6.41. The van der Waals surface area contributed by atoms with Crippen molar-refractivity contribution in [2.45, 2.75) is 13.8 Å². The molecule has 27 heavy (non-hydrogen) atoms. The van der Waals surface area contributed by atoms with Crippen LogP contribution in [0.25, 0.3) is 22.6 Å². The van der Waals surface area contributed by atoms with Crippen LogP contribution in [0.3, 0.4) is 0 Å². The molecule has 4 rings (SSSR count). The molecule has 0 saturated carbocycles. The Morgan fingerprint density at radius 2 is 1.78 bits per heavy atom. The topological polar surface area (TPSA) is 82.8 Å². The van der Waals surface area contributed by atoms with Gasteiger partial charge in [-0.15, -0.1) is 0 Å². The van der Waals surface area contributed by atoms with Crippen LogP contribution >= 0.6 is 0 Å². The van der Waals surface area contributed by atoms with Crippen LogP contribution in [0.4, 0.5) is 5.69 Å². The molecule has 1 amide bonds. The number of nitrogens with zero attached hydrogens (tertiary/aromatic N) is 1. The van der Waals surface area contributed by atoms with Crippen LogP contribution in [0, 0.1) is 13.8 Å². The van der Waals surface area contributed by atoms with Gasteiger partial charge >= 0.3 is 0 Å². The van der Waals surface area contributed by atoms with Gasteiger partial charge in [-0.1, -0.05) is 12.1 Å². The van der Waals surface area contributed by atoms with Crippen molar-refractivity contribution in [2.24, 2.45) is 0 Å². The van der Waals surface area contributed by atoms with Gasteiger partial charge in [0.25, 0.3) is 5.91 Å². The molecule has 0 fully saturated rings. The Hall–Kier alpha value is -3.54. The number of fused-ring (bicyclic) bond motifs is 1. The van der Waals surface area contributed by atoms with Crippen molar-refractivity contribution in [2.75, 3.05) is 12.4 Å². The number of amides is 1. The number of carbonyl (C=O) groups is 1. The van der Waals surface area contributed by atoms with E-state index >= 15 is 0 Å². The van der Waals surface area contributed by atoms with E-state index in [4.69, 9.17) is 4.74 Å². The van der Waals surface area contributed by atoms with Gasteiger partial charge in [-0.3, -0.25) is 4.79 Å². The number of hydrogen-bond acceptors (Lipinski definition) is 3. The highest BCUT2D eigenvalue weighted by Gasteiger charge is 2.21. The molecule has 0 aliphatic rings. The maximum absolute atomic E-state index is 12.8. The molecule has 2 aromatic carbocycles. The third kappa shape index (κ3) is 3.06. The fourth-order valence-corrected chi connectivity index (χ4v) is 3.27. The van der Waals surface area contributed by atoms with Crippen LogP contribution in [0.15, 0.2) is 48.5 Å². The van der Waals surface area contributed by atoms with E-state index in [2.05, 4.69) is 20.3 Å². The average Bonchev–Trinajstić information content (AvgIpc) is 3.22. The van der Waals surface area contributed by atoms with E-state index in [0.29, 0.717) is 11.3 Å². The zero-order valence-electron chi connectivity index (χ0n) is 15.4. The summed E-state index contributed by atoms with van der Waals surface area (Å²) in [5.74, 6) is 1.31. The molecular formula is C21H20N4O2. The minimum atomic E-state index is -0.159. The second kappa shape index (κ2) is 6.64. The summed E-state index contributed by atoms with van der Waals surface area (Å²) in [6, 6.07) is 15.1. The standard InChI is InChI=1S/C21H20N4O2/c1-12-18(21(26)23-14-8-10-15(27-3)11-9-14)13(2)22-19(12)20-24-16-6-4-5-7-17(16)25-20/h4-11,22H,1-3H3,(H,23,26)(H,24,25). The van der Waals surface area contributed by atoms with Crippen LogP contribution in [0.5, 0.6) is 5.75 Å². The lowest BCUT2D eigenvalue weighted by molar-refractivity contribution is 0.102. The molecule has 2 aromatic heterocycles. The van der Waals surface area contributed by atoms with Gasteiger partial charge < -0.3 is 20.0 Å². The number of aromatic amines is 2. The fraction of sp³-hybridized carbons (Fsp3) is 0.143. The number of aryl methyl sites for hydroxylation is 1. The molecule has 136 valence electrons.